The third kappa shape index (κ3) is 3.82. The number of benzene rings is 8. The summed E-state index contributed by atoms with van der Waals surface area (Å²) in [6, 6.07) is 52.6. The monoisotopic (exact) mass is 654 g/mol. The number of fused-ring (bicyclic) bond motifs is 11. The van der Waals surface area contributed by atoms with Crippen molar-refractivity contribution in [3.05, 3.63) is 167 Å². The molecule has 0 radical (unpaired) electrons. The lowest BCUT2D eigenvalue weighted by molar-refractivity contribution is 0.645. The van der Waals surface area contributed by atoms with E-state index in [1.165, 1.54) is 108 Å². The Kier molecular flexibility index (Phi) is 5.82. The Morgan fingerprint density at radius 2 is 1.06 bits per heavy atom. The third-order valence-corrected chi connectivity index (χ3v) is 13.1. The minimum atomic E-state index is -0.0564. The van der Waals surface area contributed by atoms with Gasteiger partial charge >= 0.3 is 0 Å². The number of hydrogen-bond donors (Lipinski definition) is 0. The van der Waals surface area contributed by atoms with E-state index in [0.29, 0.717) is 0 Å². The van der Waals surface area contributed by atoms with E-state index in [1.54, 1.807) is 0 Å². The van der Waals surface area contributed by atoms with E-state index in [4.69, 9.17) is 0 Å². The van der Waals surface area contributed by atoms with Crippen LogP contribution in [0.15, 0.2) is 140 Å². The van der Waals surface area contributed by atoms with Crippen LogP contribution in [0.5, 0.6) is 0 Å². The molecule has 1 aromatic heterocycles. The molecule has 2 aliphatic rings. The average Bonchev–Trinajstić information content (AvgIpc) is 3.55. The van der Waals surface area contributed by atoms with E-state index >= 15 is 0 Å². The standard InChI is InChI=1S/C49H34S/c1-49(2)44-19-8-7-15-37(44)39-25-24-36(38-16-10-20-45(49)47(38)39)40-17-9-18-41-43-28-30(22-26-46(43)50-48(40)41)29-21-23-35-33-13-4-3-11-31(33)32-12-5-6-14-34(32)42(35)27-29/h3-21,23-25,27-28H,22,26H2,1-2H3. The first-order valence-corrected chi connectivity index (χ1v) is 18.6. The largest absolute Gasteiger partial charge is 0.139 e. The molecule has 0 fully saturated rings. The SMILES string of the molecule is CC1(C)c2ccccc2-c2ccc(-c3cccc4c5c(sc34)CCC(c3ccc4c6ccccc6c6ccccc6c4c3)=C5)c3cccc1c23. The molecule has 0 unspecified atom stereocenters. The second-order valence-corrected chi connectivity index (χ2v) is 15.8. The fourth-order valence-corrected chi connectivity index (χ4v) is 10.7. The lowest BCUT2D eigenvalue weighted by atomic mass is 9.68. The lowest BCUT2D eigenvalue weighted by Gasteiger charge is -2.35. The van der Waals surface area contributed by atoms with Gasteiger partial charge in [0.15, 0.2) is 0 Å². The first-order chi connectivity index (χ1) is 24.6. The van der Waals surface area contributed by atoms with Gasteiger partial charge in [-0.25, -0.2) is 0 Å². The van der Waals surface area contributed by atoms with Gasteiger partial charge in [-0.15, -0.1) is 11.3 Å². The topological polar surface area (TPSA) is 0 Å². The molecule has 236 valence electrons. The molecule has 0 aliphatic heterocycles. The maximum absolute atomic E-state index is 2.50. The highest BCUT2D eigenvalue weighted by Gasteiger charge is 2.33. The summed E-state index contributed by atoms with van der Waals surface area (Å²) < 4.78 is 1.40. The Balaban J connectivity index is 1.08. The molecule has 1 heterocycles. The van der Waals surface area contributed by atoms with Crippen molar-refractivity contribution in [3.63, 3.8) is 0 Å². The third-order valence-electron chi connectivity index (χ3n) is 11.8. The molecule has 2 aliphatic carbocycles. The molecule has 0 saturated carbocycles. The van der Waals surface area contributed by atoms with E-state index < -0.39 is 0 Å². The van der Waals surface area contributed by atoms with Crippen LogP contribution < -0.4 is 0 Å². The van der Waals surface area contributed by atoms with Gasteiger partial charge in [-0.3, -0.25) is 0 Å². The summed E-state index contributed by atoms with van der Waals surface area (Å²) in [4.78, 5) is 1.51. The summed E-state index contributed by atoms with van der Waals surface area (Å²) in [5.41, 5.74) is 12.4. The summed E-state index contributed by atoms with van der Waals surface area (Å²) in [7, 11) is 0. The highest BCUT2D eigenvalue weighted by molar-refractivity contribution is 7.20. The molecule has 0 atom stereocenters. The predicted octanol–water partition coefficient (Wildman–Crippen LogP) is 14.0. The van der Waals surface area contributed by atoms with Crippen molar-refractivity contribution in [2.45, 2.75) is 32.1 Å². The molecule has 0 amide bonds. The molecular formula is C49H34S. The fourth-order valence-electron chi connectivity index (χ4n) is 9.37. The first kappa shape index (κ1) is 28.3. The quantitative estimate of drug-likeness (QED) is 0.163. The maximum atomic E-state index is 2.50. The molecule has 11 rings (SSSR count). The summed E-state index contributed by atoms with van der Waals surface area (Å²) in [5, 5.41) is 12.1. The van der Waals surface area contributed by atoms with Crippen molar-refractivity contribution in [3.8, 4) is 22.3 Å². The number of thiophene rings is 1. The smallest absolute Gasteiger partial charge is 0.0430 e. The van der Waals surface area contributed by atoms with Gasteiger partial charge in [-0.05, 0) is 113 Å². The Bertz CT molecular complexity index is 2910. The zero-order valence-corrected chi connectivity index (χ0v) is 29.0. The van der Waals surface area contributed by atoms with Crippen molar-refractivity contribution >= 4 is 76.2 Å². The molecule has 0 N–H and O–H groups in total. The van der Waals surface area contributed by atoms with Crippen LogP contribution in [0.4, 0.5) is 0 Å². The summed E-state index contributed by atoms with van der Waals surface area (Å²) in [6.07, 6.45) is 4.63. The molecule has 9 aromatic rings. The summed E-state index contributed by atoms with van der Waals surface area (Å²) in [5.74, 6) is 0. The van der Waals surface area contributed by atoms with Crippen LogP contribution in [0.2, 0.25) is 0 Å². The first-order valence-electron chi connectivity index (χ1n) is 17.8. The van der Waals surface area contributed by atoms with Crippen LogP contribution in [0, 0.1) is 0 Å². The fraction of sp³-hybridized carbons (Fsp3) is 0.102. The van der Waals surface area contributed by atoms with E-state index in [1.807, 2.05) is 11.3 Å². The minimum Gasteiger partial charge on any atom is -0.139 e. The Hall–Kier alpha value is -5.50. The van der Waals surface area contributed by atoms with Crippen LogP contribution >= 0.6 is 11.3 Å². The van der Waals surface area contributed by atoms with Crippen LogP contribution in [-0.4, -0.2) is 0 Å². The van der Waals surface area contributed by atoms with Gasteiger partial charge in [-0.1, -0.05) is 147 Å². The van der Waals surface area contributed by atoms with Gasteiger partial charge in [0.1, 0.15) is 0 Å². The Morgan fingerprint density at radius 1 is 0.460 bits per heavy atom. The number of hydrogen-bond acceptors (Lipinski definition) is 1. The van der Waals surface area contributed by atoms with Gasteiger partial charge in [0, 0.05) is 25.9 Å². The second-order valence-electron chi connectivity index (χ2n) is 14.7. The van der Waals surface area contributed by atoms with Crippen LogP contribution in [-0.2, 0) is 11.8 Å². The number of allylic oxidation sites excluding steroid dienone is 1. The molecule has 0 spiro atoms. The molecule has 0 bridgehead atoms. The van der Waals surface area contributed by atoms with Crippen molar-refractivity contribution in [2.75, 3.05) is 0 Å². The van der Waals surface area contributed by atoms with Crippen molar-refractivity contribution in [1.82, 2.24) is 0 Å². The second kappa shape index (κ2) is 10.3. The molecule has 0 saturated heterocycles. The minimum absolute atomic E-state index is 0.0564. The molecule has 50 heavy (non-hydrogen) atoms. The zero-order valence-electron chi connectivity index (χ0n) is 28.2. The molecule has 8 aromatic carbocycles. The van der Waals surface area contributed by atoms with Gasteiger partial charge in [0.05, 0.1) is 0 Å². The van der Waals surface area contributed by atoms with E-state index in [9.17, 15) is 0 Å². The molecule has 1 heteroatoms. The van der Waals surface area contributed by atoms with Crippen molar-refractivity contribution in [1.29, 1.82) is 0 Å². The van der Waals surface area contributed by atoms with Crippen LogP contribution in [0.25, 0.3) is 87.1 Å². The predicted molar refractivity (Wildman–Crippen MR) is 217 cm³/mol. The van der Waals surface area contributed by atoms with E-state index in [2.05, 4.69) is 159 Å². The van der Waals surface area contributed by atoms with Gasteiger partial charge in [-0.2, -0.15) is 0 Å². The number of rotatable bonds is 2. The normalized spacial score (nSPS) is 14.7. The van der Waals surface area contributed by atoms with Crippen molar-refractivity contribution < 1.29 is 0 Å². The van der Waals surface area contributed by atoms with Gasteiger partial charge in [0.2, 0.25) is 0 Å². The highest BCUT2D eigenvalue weighted by Crippen LogP contribution is 2.51. The number of aryl methyl sites for hydroxylation is 1. The van der Waals surface area contributed by atoms with E-state index in [-0.39, 0.29) is 5.41 Å². The highest BCUT2D eigenvalue weighted by atomic mass is 32.1. The van der Waals surface area contributed by atoms with Gasteiger partial charge in [0.25, 0.3) is 0 Å². The van der Waals surface area contributed by atoms with Crippen LogP contribution in [0.1, 0.15) is 47.4 Å². The summed E-state index contributed by atoms with van der Waals surface area (Å²) in [6.45, 7) is 4.77. The molecule has 0 nitrogen and oxygen atoms in total. The van der Waals surface area contributed by atoms with E-state index in [0.717, 1.165) is 12.8 Å². The lowest BCUT2D eigenvalue weighted by Crippen LogP contribution is -2.23. The van der Waals surface area contributed by atoms with Gasteiger partial charge < -0.3 is 0 Å². The van der Waals surface area contributed by atoms with Crippen LogP contribution in [0.3, 0.4) is 0 Å². The molecular weight excluding hydrogens is 621 g/mol. The maximum Gasteiger partial charge on any atom is 0.0430 e. The van der Waals surface area contributed by atoms with Crippen molar-refractivity contribution in [2.24, 2.45) is 0 Å². The summed E-state index contributed by atoms with van der Waals surface area (Å²) >= 11 is 2.00. The Labute approximate surface area is 296 Å². The Morgan fingerprint density at radius 3 is 1.86 bits per heavy atom. The average molecular weight is 655 g/mol. The zero-order chi connectivity index (χ0) is 33.1.